The Morgan fingerprint density at radius 3 is 2.69 bits per heavy atom. The molecule has 0 radical (unpaired) electrons. The molecule has 16 heavy (non-hydrogen) atoms. The van der Waals surface area contributed by atoms with Gasteiger partial charge in [0.05, 0.1) is 13.2 Å². The molecular weight excluding hydrogens is 214 g/mol. The number of carboxylic acids is 1. The van der Waals surface area contributed by atoms with Crippen molar-refractivity contribution in [3.8, 4) is 5.88 Å². The average molecular weight is 223 g/mol. The Balaban J connectivity index is 2.70. The molecule has 1 N–H and O–H groups in total. The van der Waals surface area contributed by atoms with Crippen molar-refractivity contribution in [3.05, 3.63) is 36.2 Å². The lowest BCUT2D eigenvalue weighted by molar-refractivity contribution is -0.137. The Labute approximate surface area is 91.1 Å². The van der Waals surface area contributed by atoms with Crippen molar-refractivity contribution in [1.82, 2.24) is 4.98 Å². The maximum atomic E-state index is 11.2. The zero-order chi connectivity index (χ0) is 12.0. The summed E-state index contributed by atoms with van der Waals surface area (Å²) < 4.78 is 9.19. The highest BCUT2D eigenvalue weighted by Crippen LogP contribution is 2.05. The molecule has 0 unspecified atom stereocenters. The van der Waals surface area contributed by atoms with E-state index in [1.54, 1.807) is 12.1 Å². The summed E-state index contributed by atoms with van der Waals surface area (Å²) in [6, 6.07) is 4.76. The maximum Gasteiger partial charge on any atom is 0.371 e. The first-order valence-corrected chi connectivity index (χ1v) is 4.25. The van der Waals surface area contributed by atoms with Gasteiger partial charge in [-0.2, -0.15) is 0 Å². The van der Waals surface area contributed by atoms with Gasteiger partial charge in [0, 0.05) is 12.3 Å². The molecule has 0 spiro atoms. The normalized spacial score (nSPS) is 10.7. The monoisotopic (exact) mass is 223 g/mol. The van der Waals surface area contributed by atoms with E-state index in [1.807, 2.05) is 0 Å². The van der Waals surface area contributed by atoms with Gasteiger partial charge < -0.3 is 14.6 Å². The zero-order valence-electron chi connectivity index (χ0n) is 8.41. The van der Waals surface area contributed by atoms with Crippen LogP contribution in [0.4, 0.5) is 0 Å². The SMILES string of the molecule is CO/C(=C/C(=O)Oc1ccccn1)C(=O)O. The van der Waals surface area contributed by atoms with E-state index in [0.717, 1.165) is 13.2 Å². The predicted molar refractivity (Wildman–Crippen MR) is 52.6 cm³/mol. The number of aromatic nitrogens is 1. The third-order valence-corrected chi connectivity index (χ3v) is 1.52. The number of carbonyl (C=O) groups is 2. The molecule has 0 amide bonds. The molecule has 0 aliphatic heterocycles. The van der Waals surface area contributed by atoms with Crippen molar-refractivity contribution < 1.29 is 24.2 Å². The van der Waals surface area contributed by atoms with Crippen molar-refractivity contribution >= 4 is 11.9 Å². The maximum absolute atomic E-state index is 11.2. The number of ether oxygens (including phenoxy) is 2. The van der Waals surface area contributed by atoms with Crippen LogP contribution in [-0.4, -0.2) is 29.1 Å². The van der Waals surface area contributed by atoms with Gasteiger partial charge in [0.25, 0.3) is 0 Å². The highest BCUT2D eigenvalue weighted by atomic mass is 16.5. The molecule has 0 aromatic carbocycles. The van der Waals surface area contributed by atoms with Gasteiger partial charge in [0.1, 0.15) is 0 Å². The molecule has 6 heteroatoms. The minimum Gasteiger partial charge on any atom is -0.490 e. The van der Waals surface area contributed by atoms with Crippen LogP contribution in [0, 0.1) is 0 Å². The molecule has 0 bridgehead atoms. The van der Waals surface area contributed by atoms with Gasteiger partial charge in [-0.1, -0.05) is 6.07 Å². The Bertz CT molecular complexity index is 412. The van der Waals surface area contributed by atoms with Crippen LogP contribution in [0.2, 0.25) is 0 Å². The molecular formula is C10H9NO5. The lowest BCUT2D eigenvalue weighted by Gasteiger charge is -2.01. The van der Waals surface area contributed by atoms with Gasteiger partial charge in [-0.25, -0.2) is 14.6 Å². The molecule has 1 rings (SSSR count). The van der Waals surface area contributed by atoms with Gasteiger partial charge in [0.15, 0.2) is 0 Å². The topological polar surface area (TPSA) is 85.7 Å². The molecule has 1 aromatic rings. The van der Waals surface area contributed by atoms with Crippen LogP contribution >= 0.6 is 0 Å². The highest BCUT2D eigenvalue weighted by molar-refractivity contribution is 5.94. The molecule has 0 atom stereocenters. The standard InChI is InChI=1S/C10H9NO5/c1-15-7(10(13)14)6-9(12)16-8-4-2-3-5-11-8/h2-6H,1H3,(H,13,14)/b7-6+. The number of nitrogens with zero attached hydrogens (tertiary/aromatic N) is 1. The number of aliphatic carboxylic acids is 1. The van der Waals surface area contributed by atoms with Crippen molar-refractivity contribution in [3.63, 3.8) is 0 Å². The van der Waals surface area contributed by atoms with Crippen molar-refractivity contribution in [2.45, 2.75) is 0 Å². The third-order valence-electron chi connectivity index (χ3n) is 1.52. The minimum absolute atomic E-state index is 0.0876. The predicted octanol–water partition coefficient (Wildman–Crippen LogP) is 0.602. The van der Waals surface area contributed by atoms with Crippen LogP contribution in [0.3, 0.4) is 0 Å². The number of esters is 1. The fourth-order valence-electron chi connectivity index (χ4n) is 0.855. The highest BCUT2D eigenvalue weighted by Gasteiger charge is 2.11. The fourth-order valence-corrected chi connectivity index (χ4v) is 0.855. The number of methoxy groups -OCH3 is 1. The smallest absolute Gasteiger partial charge is 0.371 e. The Kier molecular flexibility index (Phi) is 4.02. The van der Waals surface area contributed by atoms with E-state index in [4.69, 9.17) is 9.84 Å². The molecule has 6 nitrogen and oxygen atoms in total. The molecule has 0 saturated heterocycles. The number of hydrogen-bond acceptors (Lipinski definition) is 5. The van der Waals surface area contributed by atoms with Crippen molar-refractivity contribution in [2.75, 3.05) is 7.11 Å². The van der Waals surface area contributed by atoms with E-state index < -0.39 is 17.7 Å². The van der Waals surface area contributed by atoms with E-state index >= 15 is 0 Å². The summed E-state index contributed by atoms with van der Waals surface area (Å²) in [5.74, 6) is -2.62. The van der Waals surface area contributed by atoms with Crippen LogP contribution < -0.4 is 4.74 Å². The Hall–Kier alpha value is -2.37. The summed E-state index contributed by atoms with van der Waals surface area (Å²) >= 11 is 0. The van der Waals surface area contributed by atoms with Crippen LogP contribution in [0.5, 0.6) is 5.88 Å². The lowest BCUT2D eigenvalue weighted by atomic mass is 10.4. The number of carbonyl (C=O) groups excluding carboxylic acids is 1. The zero-order valence-corrected chi connectivity index (χ0v) is 8.41. The molecule has 0 fully saturated rings. The van der Waals surface area contributed by atoms with Crippen LogP contribution in [0.25, 0.3) is 0 Å². The summed E-state index contributed by atoms with van der Waals surface area (Å²) in [4.78, 5) is 25.4. The quantitative estimate of drug-likeness (QED) is 0.457. The van der Waals surface area contributed by atoms with Gasteiger partial charge >= 0.3 is 11.9 Å². The Morgan fingerprint density at radius 2 is 2.19 bits per heavy atom. The molecule has 0 aliphatic carbocycles. The molecule has 1 heterocycles. The van der Waals surface area contributed by atoms with Crippen molar-refractivity contribution in [2.24, 2.45) is 0 Å². The largest absolute Gasteiger partial charge is 0.490 e. The fraction of sp³-hybridized carbons (Fsp3) is 0.100. The first kappa shape index (κ1) is 11.7. The van der Waals surface area contributed by atoms with Gasteiger partial charge in [-0.15, -0.1) is 0 Å². The van der Waals surface area contributed by atoms with E-state index in [2.05, 4.69) is 9.72 Å². The van der Waals surface area contributed by atoms with E-state index in [-0.39, 0.29) is 5.88 Å². The summed E-state index contributed by atoms with van der Waals surface area (Å²) in [5, 5.41) is 8.57. The number of pyridine rings is 1. The van der Waals surface area contributed by atoms with Crippen molar-refractivity contribution in [1.29, 1.82) is 0 Å². The Morgan fingerprint density at radius 1 is 1.44 bits per heavy atom. The number of carboxylic acid groups (broad SMARTS) is 1. The van der Waals surface area contributed by atoms with Gasteiger partial charge in [-0.05, 0) is 6.07 Å². The average Bonchev–Trinajstić information content (AvgIpc) is 2.27. The number of rotatable bonds is 4. The van der Waals surface area contributed by atoms with E-state index in [0.29, 0.717) is 0 Å². The molecule has 0 aliphatic rings. The molecule has 84 valence electrons. The second-order valence-electron chi connectivity index (χ2n) is 2.61. The third kappa shape index (κ3) is 3.41. The summed E-state index contributed by atoms with van der Waals surface area (Å²) in [6.07, 6.45) is 2.18. The van der Waals surface area contributed by atoms with Gasteiger partial charge in [0.2, 0.25) is 11.6 Å². The first-order valence-electron chi connectivity index (χ1n) is 4.25. The summed E-state index contributed by atoms with van der Waals surface area (Å²) in [7, 11) is 1.15. The summed E-state index contributed by atoms with van der Waals surface area (Å²) in [5.41, 5.74) is 0. The van der Waals surface area contributed by atoms with Crippen LogP contribution in [-0.2, 0) is 14.3 Å². The van der Waals surface area contributed by atoms with Crippen LogP contribution in [0.15, 0.2) is 36.2 Å². The van der Waals surface area contributed by atoms with Crippen LogP contribution in [0.1, 0.15) is 0 Å². The van der Waals surface area contributed by atoms with Gasteiger partial charge in [-0.3, -0.25) is 0 Å². The molecule has 1 aromatic heterocycles. The second-order valence-corrected chi connectivity index (χ2v) is 2.61. The summed E-state index contributed by atoms with van der Waals surface area (Å²) in [6.45, 7) is 0. The van der Waals surface area contributed by atoms with E-state index in [9.17, 15) is 9.59 Å². The number of hydrogen-bond donors (Lipinski definition) is 1. The minimum atomic E-state index is -1.35. The molecule has 0 saturated carbocycles. The second kappa shape index (κ2) is 5.50. The first-order chi connectivity index (χ1) is 7.63. The van der Waals surface area contributed by atoms with E-state index in [1.165, 1.54) is 12.3 Å². The lowest BCUT2D eigenvalue weighted by Crippen LogP contribution is -2.10.